The fourth-order valence-corrected chi connectivity index (χ4v) is 2.02. The first kappa shape index (κ1) is 11.9. The smallest absolute Gasteiger partial charge is 0.0842 e. The Hall–Kier alpha value is -0.120. The molecule has 0 aromatic rings. The van der Waals surface area contributed by atoms with E-state index in [4.69, 9.17) is 0 Å². The van der Waals surface area contributed by atoms with E-state index in [0.29, 0.717) is 11.1 Å². The molecular weight excluding hydrogens is 186 g/mol. The zero-order valence-corrected chi connectivity index (χ0v) is 8.74. The van der Waals surface area contributed by atoms with Crippen molar-refractivity contribution in [3.63, 3.8) is 0 Å². The number of hydrogen-bond acceptors (Lipinski definition) is 2. The lowest BCUT2D eigenvalue weighted by atomic mass is 10.7. The maximum Gasteiger partial charge on any atom is 0.0842 e. The van der Waals surface area contributed by atoms with Crippen LogP contribution in [0, 0.1) is 0 Å². The van der Waals surface area contributed by atoms with Gasteiger partial charge in [0.1, 0.15) is 0 Å². The van der Waals surface area contributed by atoms with Crippen molar-refractivity contribution >= 4 is 23.7 Å². The van der Waals surface area contributed by atoms with E-state index in [-0.39, 0.29) is 0 Å². The molecule has 1 nitrogen and oxygen atoms in total. The third-order valence-electron chi connectivity index (χ3n) is 0.953. The van der Waals surface area contributed by atoms with Crippen molar-refractivity contribution in [3.05, 3.63) is 38.0 Å². The fourth-order valence-electron chi connectivity index (χ4n) is 0.474. The monoisotopic (exact) mass is 200 g/mol. The van der Waals surface area contributed by atoms with Crippen LogP contribution in [0.25, 0.3) is 0 Å². The third-order valence-corrected chi connectivity index (χ3v) is 3.27. The van der Waals surface area contributed by atoms with Crippen LogP contribution in [0.1, 0.15) is 0 Å². The molecule has 0 saturated heterocycles. The molecule has 12 heavy (non-hydrogen) atoms. The number of hydrogen-bond donors (Lipinski definition) is 0. The van der Waals surface area contributed by atoms with Crippen LogP contribution in [0.2, 0.25) is 0 Å². The predicted octanol–water partition coefficient (Wildman–Crippen LogP) is 2.86. The molecule has 0 N–H and O–H groups in total. The molecule has 3 heteroatoms. The van der Waals surface area contributed by atoms with Gasteiger partial charge in [-0.2, -0.15) is 4.72 Å². The van der Waals surface area contributed by atoms with Crippen LogP contribution >= 0.6 is 23.7 Å². The quantitative estimate of drug-likeness (QED) is 0.259. The molecule has 1 atom stereocenters. The maximum atomic E-state index is 4.19. The molecule has 0 saturated carbocycles. The van der Waals surface area contributed by atoms with Crippen molar-refractivity contribution in [2.24, 2.45) is 0 Å². The number of nitrogens with zero attached hydrogens (tertiary/aromatic N) is 1. The fraction of sp³-hybridized carbons (Fsp3) is 0.333. The number of rotatable bonds is 8. The van der Waals surface area contributed by atoms with Gasteiger partial charge in [0.2, 0.25) is 0 Å². The zero-order valence-electron chi connectivity index (χ0n) is 7.11. The van der Waals surface area contributed by atoms with E-state index in [1.54, 1.807) is 17.8 Å². The summed E-state index contributed by atoms with van der Waals surface area (Å²) in [6.45, 7) is 11.7. The van der Waals surface area contributed by atoms with Crippen molar-refractivity contribution < 1.29 is 0 Å². The summed E-state index contributed by atoms with van der Waals surface area (Å²) in [7, 11) is 0. The van der Waals surface area contributed by atoms with E-state index in [1.807, 2.05) is 12.2 Å². The average molecular weight is 200 g/mol. The van der Waals surface area contributed by atoms with Crippen LogP contribution in [0.4, 0.5) is 0 Å². The Labute approximate surface area is 83.5 Å². The van der Waals surface area contributed by atoms with Gasteiger partial charge in [-0.1, -0.05) is 18.2 Å². The summed E-state index contributed by atoms with van der Waals surface area (Å²) in [5.41, 5.74) is 0. The second-order valence-electron chi connectivity index (χ2n) is 1.93. The van der Waals surface area contributed by atoms with E-state index in [9.17, 15) is 0 Å². The maximum absolute atomic E-state index is 4.19. The first-order valence-corrected chi connectivity index (χ1v) is 5.52. The molecule has 0 aliphatic rings. The molecule has 1 radical (unpaired) electrons. The summed E-state index contributed by atoms with van der Waals surface area (Å²) in [6.07, 6.45) is 5.56. The largest absolute Gasteiger partial charge is 0.170 e. The molecule has 0 amide bonds. The van der Waals surface area contributed by atoms with Gasteiger partial charge in [0.05, 0.1) is 4.58 Å². The molecule has 0 aliphatic heterocycles. The highest BCUT2D eigenvalue weighted by Crippen LogP contribution is 2.22. The summed E-state index contributed by atoms with van der Waals surface area (Å²) < 4.78 is 4.52. The van der Waals surface area contributed by atoms with Crippen molar-refractivity contribution in [2.45, 2.75) is 4.58 Å². The third kappa shape index (κ3) is 6.58. The van der Waals surface area contributed by atoms with Gasteiger partial charge < -0.3 is 0 Å². The molecule has 0 aliphatic carbocycles. The topological polar surface area (TPSA) is 14.1 Å². The van der Waals surface area contributed by atoms with Gasteiger partial charge in [-0.25, -0.2) is 0 Å². The molecule has 0 fully saturated rings. The second kappa shape index (κ2) is 8.97. The SMILES string of the molecule is C=CC[N]SC(C=C)SCC=C. The standard InChI is InChI=1S/C9H14NS2/c1-4-7-10-12-9(6-3)11-8-5-2/h4-6,9H,1-3,7-8H2. The van der Waals surface area contributed by atoms with E-state index >= 15 is 0 Å². The molecule has 0 heterocycles. The lowest BCUT2D eigenvalue weighted by Crippen LogP contribution is -2.01. The van der Waals surface area contributed by atoms with Gasteiger partial charge in [0, 0.05) is 12.3 Å². The average Bonchev–Trinajstić information content (AvgIpc) is 2.11. The van der Waals surface area contributed by atoms with Crippen LogP contribution in [0.3, 0.4) is 0 Å². The van der Waals surface area contributed by atoms with Crippen molar-refractivity contribution in [3.8, 4) is 0 Å². The van der Waals surface area contributed by atoms with Crippen LogP contribution in [0.15, 0.2) is 38.0 Å². The first-order chi connectivity index (χ1) is 5.85. The second-order valence-corrected chi connectivity index (χ2v) is 4.38. The van der Waals surface area contributed by atoms with E-state index in [1.165, 1.54) is 11.9 Å². The Morgan fingerprint density at radius 1 is 1.25 bits per heavy atom. The Bertz CT molecular complexity index is 145. The minimum atomic E-state index is 0.336. The summed E-state index contributed by atoms with van der Waals surface area (Å²) in [6, 6.07) is 0. The van der Waals surface area contributed by atoms with E-state index < -0.39 is 0 Å². The van der Waals surface area contributed by atoms with Gasteiger partial charge in [-0.15, -0.1) is 31.5 Å². The minimum Gasteiger partial charge on any atom is -0.170 e. The van der Waals surface area contributed by atoms with Crippen LogP contribution in [0.5, 0.6) is 0 Å². The highest BCUT2D eigenvalue weighted by Gasteiger charge is 2.02. The first-order valence-electron chi connectivity index (χ1n) is 3.63. The van der Waals surface area contributed by atoms with Crippen molar-refractivity contribution in [1.82, 2.24) is 4.72 Å². The van der Waals surface area contributed by atoms with Crippen LogP contribution < -0.4 is 4.72 Å². The van der Waals surface area contributed by atoms with Gasteiger partial charge in [-0.3, -0.25) is 0 Å². The molecule has 0 spiro atoms. The van der Waals surface area contributed by atoms with Gasteiger partial charge >= 0.3 is 0 Å². The lowest BCUT2D eigenvalue weighted by molar-refractivity contribution is 1.11. The van der Waals surface area contributed by atoms with Gasteiger partial charge in [0.15, 0.2) is 0 Å². The van der Waals surface area contributed by atoms with E-state index in [2.05, 4.69) is 24.5 Å². The molecule has 0 aromatic carbocycles. The predicted molar refractivity (Wildman–Crippen MR) is 61.4 cm³/mol. The minimum absolute atomic E-state index is 0.336. The Kier molecular flexibility index (Phi) is 8.88. The van der Waals surface area contributed by atoms with Crippen molar-refractivity contribution in [2.75, 3.05) is 12.3 Å². The Balaban J connectivity index is 3.44. The van der Waals surface area contributed by atoms with Gasteiger partial charge in [0.25, 0.3) is 0 Å². The molecule has 0 aromatic heterocycles. The Morgan fingerprint density at radius 3 is 2.50 bits per heavy atom. The highest BCUT2D eigenvalue weighted by molar-refractivity contribution is 8.16. The molecule has 0 bridgehead atoms. The summed E-state index contributed by atoms with van der Waals surface area (Å²) in [5.74, 6) is 0.938. The summed E-state index contributed by atoms with van der Waals surface area (Å²) in [5, 5.41) is 0. The molecular formula is C9H14NS2. The highest BCUT2D eigenvalue weighted by atomic mass is 32.2. The summed E-state index contributed by atoms with van der Waals surface area (Å²) in [4.78, 5) is 0. The van der Waals surface area contributed by atoms with E-state index in [0.717, 1.165) is 5.75 Å². The van der Waals surface area contributed by atoms with Crippen LogP contribution in [-0.2, 0) is 0 Å². The molecule has 1 unspecified atom stereocenters. The Morgan fingerprint density at radius 2 is 2.00 bits per heavy atom. The normalized spacial score (nSPS) is 12.0. The zero-order chi connectivity index (χ0) is 9.23. The van der Waals surface area contributed by atoms with Gasteiger partial charge in [-0.05, 0) is 11.9 Å². The number of thioether (sulfide) groups is 1. The van der Waals surface area contributed by atoms with Crippen LogP contribution in [-0.4, -0.2) is 16.9 Å². The summed E-state index contributed by atoms with van der Waals surface area (Å²) >= 11 is 3.31. The molecule has 67 valence electrons. The molecule has 0 rings (SSSR count). The van der Waals surface area contributed by atoms with Crippen molar-refractivity contribution in [1.29, 1.82) is 0 Å². The lowest BCUT2D eigenvalue weighted by Gasteiger charge is -2.07.